The van der Waals surface area contributed by atoms with Crippen LogP contribution in [0.3, 0.4) is 0 Å². The Morgan fingerprint density at radius 2 is 1.75 bits per heavy atom. The van der Waals surface area contributed by atoms with Crippen molar-refractivity contribution < 1.29 is 19.5 Å². The lowest BCUT2D eigenvalue weighted by molar-refractivity contribution is -0.158. The molecule has 0 saturated heterocycles. The van der Waals surface area contributed by atoms with E-state index in [4.69, 9.17) is 4.84 Å². The van der Waals surface area contributed by atoms with Crippen LogP contribution in [0, 0.1) is 17.8 Å². The Kier molecular flexibility index (Phi) is 7.79. The van der Waals surface area contributed by atoms with Crippen LogP contribution in [-0.2, 0) is 14.4 Å². The number of amides is 1. The minimum absolute atomic E-state index is 0.229. The van der Waals surface area contributed by atoms with Crippen molar-refractivity contribution in [2.24, 2.45) is 17.8 Å². The Hall–Kier alpha value is -1.10. The monoisotopic (exact) mass is 287 g/mol. The molecule has 2 atom stereocenters. The molecule has 2 N–H and O–H groups in total. The van der Waals surface area contributed by atoms with E-state index >= 15 is 0 Å². The third-order valence-electron chi connectivity index (χ3n) is 2.92. The summed E-state index contributed by atoms with van der Waals surface area (Å²) in [5.41, 5.74) is 1.92. The largest absolute Gasteiger partial charge is 0.481 e. The molecule has 0 aromatic heterocycles. The second-order valence-electron chi connectivity index (χ2n) is 6.65. The average Bonchev–Trinajstić information content (AvgIpc) is 2.29. The Balaban J connectivity index is 4.89. The summed E-state index contributed by atoms with van der Waals surface area (Å²) in [7, 11) is 0. The smallest absolute Gasteiger partial charge is 0.307 e. The van der Waals surface area contributed by atoms with Gasteiger partial charge in [-0.2, -0.15) is 0 Å². The molecule has 0 bridgehead atoms. The zero-order valence-corrected chi connectivity index (χ0v) is 13.5. The zero-order chi connectivity index (χ0) is 15.9. The van der Waals surface area contributed by atoms with Crippen LogP contribution in [0.5, 0.6) is 0 Å². The lowest BCUT2D eigenvalue weighted by Gasteiger charge is -2.26. The number of carbonyl (C=O) groups excluding carboxylic acids is 1. The first-order valence-corrected chi connectivity index (χ1v) is 7.29. The van der Waals surface area contributed by atoms with E-state index in [1.165, 1.54) is 0 Å². The number of carboxylic acid groups (broad SMARTS) is 1. The molecule has 0 fully saturated rings. The molecule has 20 heavy (non-hydrogen) atoms. The number of nitrogens with one attached hydrogen (secondary N) is 1. The van der Waals surface area contributed by atoms with E-state index in [-0.39, 0.29) is 11.8 Å². The third-order valence-corrected chi connectivity index (χ3v) is 2.92. The van der Waals surface area contributed by atoms with Gasteiger partial charge >= 0.3 is 5.97 Å². The Morgan fingerprint density at radius 3 is 2.10 bits per heavy atom. The van der Waals surface area contributed by atoms with Crippen LogP contribution in [0.4, 0.5) is 0 Å². The summed E-state index contributed by atoms with van der Waals surface area (Å²) >= 11 is 0. The van der Waals surface area contributed by atoms with E-state index < -0.39 is 23.4 Å². The van der Waals surface area contributed by atoms with E-state index in [1.54, 1.807) is 0 Å². The standard InChI is InChI=1S/C15H29NO4/c1-7-8-11(12(14(18)19)9-10(2)3)13(17)16-20-15(4,5)6/h10-12H,7-9H2,1-6H3,(H,16,17)(H,18,19)/t11-,12?/m0/s1. The predicted octanol–water partition coefficient (Wildman–Crippen LogP) is 3.00. The first kappa shape index (κ1) is 18.9. The number of rotatable bonds is 8. The van der Waals surface area contributed by atoms with Crippen molar-refractivity contribution in [3.8, 4) is 0 Å². The maximum Gasteiger partial charge on any atom is 0.307 e. The van der Waals surface area contributed by atoms with Gasteiger partial charge in [-0.3, -0.25) is 14.4 Å². The fourth-order valence-corrected chi connectivity index (χ4v) is 2.05. The van der Waals surface area contributed by atoms with Gasteiger partial charge in [0.15, 0.2) is 0 Å². The van der Waals surface area contributed by atoms with Crippen LogP contribution in [0.15, 0.2) is 0 Å². The average molecular weight is 287 g/mol. The quantitative estimate of drug-likeness (QED) is 0.673. The van der Waals surface area contributed by atoms with Crippen molar-refractivity contribution in [1.82, 2.24) is 5.48 Å². The van der Waals surface area contributed by atoms with Gasteiger partial charge in [0.2, 0.25) is 5.91 Å². The number of aliphatic carboxylic acids is 1. The van der Waals surface area contributed by atoms with Gasteiger partial charge in [-0.05, 0) is 39.5 Å². The second-order valence-corrected chi connectivity index (χ2v) is 6.65. The van der Waals surface area contributed by atoms with Gasteiger partial charge in [0, 0.05) is 0 Å². The Morgan fingerprint density at radius 1 is 1.20 bits per heavy atom. The summed E-state index contributed by atoms with van der Waals surface area (Å²) in [5.74, 6) is -2.24. The highest BCUT2D eigenvalue weighted by atomic mass is 16.7. The number of carbonyl (C=O) groups is 2. The summed E-state index contributed by atoms with van der Waals surface area (Å²) in [5, 5.41) is 9.38. The van der Waals surface area contributed by atoms with Crippen molar-refractivity contribution >= 4 is 11.9 Å². The van der Waals surface area contributed by atoms with E-state index in [0.29, 0.717) is 12.8 Å². The molecular weight excluding hydrogens is 258 g/mol. The molecule has 0 rings (SSSR count). The second kappa shape index (κ2) is 8.25. The first-order chi connectivity index (χ1) is 9.08. The number of hydrogen-bond acceptors (Lipinski definition) is 3. The molecule has 5 heteroatoms. The Bertz CT molecular complexity index is 320. The summed E-state index contributed by atoms with van der Waals surface area (Å²) < 4.78 is 0. The molecule has 0 aliphatic carbocycles. The highest BCUT2D eigenvalue weighted by Gasteiger charge is 2.34. The molecule has 1 amide bonds. The maximum absolute atomic E-state index is 12.2. The van der Waals surface area contributed by atoms with Gasteiger partial charge < -0.3 is 5.11 Å². The molecule has 118 valence electrons. The molecule has 0 aliphatic heterocycles. The third kappa shape index (κ3) is 7.48. The van der Waals surface area contributed by atoms with Crippen molar-refractivity contribution in [3.05, 3.63) is 0 Å². The van der Waals surface area contributed by atoms with Crippen LogP contribution in [-0.4, -0.2) is 22.6 Å². The summed E-state index contributed by atoms with van der Waals surface area (Å²) in [4.78, 5) is 28.9. The maximum atomic E-state index is 12.2. The van der Waals surface area contributed by atoms with Gasteiger partial charge in [-0.15, -0.1) is 0 Å². The van der Waals surface area contributed by atoms with Crippen LogP contribution >= 0.6 is 0 Å². The van der Waals surface area contributed by atoms with Crippen molar-refractivity contribution in [3.63, 3.8) is 0 Å². The minimum atomic E-state index is -0.914. The van der Waals surface area contributed by atoms with Crippen LogP contribution in [0.25, 0.3) is 0 Å². The van der Waals surface area contributed by atoms with Crippen molar-refractivity contribution in [2.75, 3.05) is 0 Å². The highest BCUT2D eigenvalue weighted by molar-refractivity contribution is 5.84. The molecule has 0 saturated carbocycles. The van der Waals surface area contributed by atoms with Crippen LogP contribution in [0.2, 0.25) is 0 Å². The van der Waals surface area contributed by atoms with Crippen LogP contribution < -0.4 is 5.48 Å². The van der Waals surface area contributed by atoms with E-state index in [2.05, 4.69) is 5.48 Å². The van der Waals surface area contributed by atoms with E-state index in [0.717, 1.165) is 6.42 Å². The van der Waals surface area contributed by atoms with Gasteiger partial charge in [-0.25, -0.2) is 5.48 Å². The first-order valence-electron chi connectivity index (χ1n) is 7.29. The van der Waals surface area contributed by atoms with Gasteiger partial charge in [0.1, 0.15) is 0 Å². The van der Waals surface area contributed by atoms with Crippen molar-refractivity contribution in [1.29, 1.82) is 0 Å². The molecule has 5 nitrogen and oxygen atoms in total. The summed E-state index contributed by atoms with van der Waals surface area (Å²) in [6.45, 7) is 11.3. The Labute approximate surface area is 122 Å². The van der Waals surface area contributed by atoms with Gasteiger partial charge in [-0.1, -0.05) is 27.2 Å². The normalized spacial score (nSPS) is 14.9. The molecular formula is C15H29NO4. The highest BCUT2D eigenvalue weighted by Crippen LogP contribution is 2.25. The lowest BCUT2D eigenvalue weighted by Crippen LogP contribution is -2.41. The lowest BCUT2D eigenvalue weighted by atomic mass is 9.82. The molecule has 0 radical (unpaired) electrons. The number of hydroxylamine groups is 1. The fourth-order valence-electron chi connectivity index (χ4n) is 2.05. The molecule has 0 aromatic rings. The molecule has 0 heterocycles. The number of carboxylic acids is 1. The molecule has 0 spiro atoms. The predicted molar refractivity (Wildman–Crippen MR) is 78.0 cm³/mol. The summed E-state index contributed by atoms with van der Waals surface area (Å²) in [6.07, 6.45) is 1.79. The molecule has 1 unspecified atom stereocenters. The van der Waals surface area contributed by atoms with Gasteiger partial charge in [0.25, 0.3) is 0 Å². The fraction of sp³-hybridized carbons (Fsp3) is 0.867. The SMILES string of the molecule is CCC[C@H](C(=O)NOC(C)(C)C)C(CC(C)C)C(=O)O. The van der Waals surface area contributed by atoms with E-state index in [9.17, 15) is 14.7 Å². The molecule has 0 aliphatic rings. The van der Waals surface area contributed by atoms with Crippen molar-refractivity contribution in [2.45, 2.75) is 66.4 Å². The van der Waals surface area contributed by atoms with E-state index in [1.807, 2.05) is 41.5 Å². The van der Waals surface area contributed by atoms with Gasteiger partial charge in [0.05, 0.1) is 17.4 Å². The molecule has 0 aromatic carbocycles. The zero-order valence-electron chi connectivity index (χ0n) is 13.5. The van der Waals surface area contributed by atoms with Crippen LogP contribution in [0.1, 0.15) is 60.8 Å². The topological polar surface area (TPSA) is 75.6 Å². The minimum Gasteiger partial charge on any atom is -0.481 e. The summed E-state index contributed by atoms with van der Waals surface area (Å²) in [6, 6.07) is 0. The number of hydrogen-bond donors (Lipinski definition) is 2.